The Hall–Kier alpha value is -5.66. The van der Waals surface area contributed by atoms with Crippen molar-refractivity contribution in [3.05, 3.63) is 146 Å². The molecule has 1 heterocycles. The number of furan rings is 1. The number of rotatable bonds is 2. The zero-order valence-electron chi connectivity index (χ0n) is 23.3. The van der Waals surface area contributed by atoms with E-state index in [1.165, 1.54) is 70.6 Å². The highest BCUT2D eigenvalue weighted by Crippen LogP contribution is 2.46. The lowest BCUT2D eigenvalue weighted by molar-refractivity contribution is 0.673. The molecule has 10 aromatic rings. The minimum absolute atomic E-state index is 0.915. The molecule has 10 rings (SSSR count). The summed E-state index contributed by atoms with van der Waals surface area (Å²) in [4.78, 5) is 0. The van der Waals surface area contributed by atoms with E-state index in [0.29, 0.717) is 0 Å². The predicted molar refractivity (Wildman–Crippen MR) is 183 cm³/mol. The molecule has 0 aliphatic carbocycles. The monoisotopic (exact) mass is 544 g/mol. The molecule has 1 aromatic heterocycles. The Morgan fingerprint density at radius 3 is 1.86 bits per heavy atom. The van der Waals surface area contributed by atoms with Gasteiger partial charge in [-0.15, -0.1) is 0 Å². The normalized spacial score (nSPS) is 12.2. The average Bonchev–Trinajstić information content (AvgIpc) is 3.46. The fourth-order valence-corrected chi connectivity index (χ4v) is 7.35. The smallest absolute Gasteiger partial charge is 0.143 e. The third-order valence-electron chi connectivity index (χ3n) is 9.36. The Balaban J connectivity index is 1.36. The van der Waals surface area contributed by atoms with Crippen LogP contribution >= 0.6 is 0 Å². The maximum Gasteiger partial charge on any atom is 0.143 e. The third kappa shape index (κ3) is 3.22. The van der Waals surface area contributed by atoms with Crippen molar-refractivity contribution < 1.29 is 4.42 Å². The summed E-state index contributed by atoms with van der Waals surface area (Å²) in [5.41, 5.74) is 6.63. The average molecular weight is 545 g/mol. The van der Waals surface area contributed by atoms with Gasteiger partial charge in [0.05, 0.1) is 0 Å². The molecule has 1 heteroatoms. The van der Waals surface area contributed by atoms with Gasteiger partial charge in [-0.3, -0.25) is 0 Å². The zero-order valence-corrected chi connectivity index (χ0v) is 23.3. The van der Waals surface area contributed by atoms with Crippen LogP contribution in [0.4, 0.5) is 0 Å². The van der Waals surface area contributed by atoms with Gasteiger partial charge in [0.2, 0.25) is 0 Å². The fourth-order valence-electron chi connectivity index (χ4n) is 7.35. The van der Waals surface area contributed by atoms with Crippen molar-refractivity contribution in [1.82, 2.24) is 0 Å². The fraction of sp³-hybridized carbons (Fsp3) is 0. The molecule has 0 unspecified atom stereocenters. The minimum atomic E-state index is 0.915. The van der Waals surface area contributed by atoms with E-state index >= 15 is 0 Å². The van der Waals surface area contributed by atoms with Crippen molar-refractivity contribution in [2.75, 3.05) is 0 Å². The van der Waals surface area contributed by atoms with Crippen LogP contribution in [0.2, 0.25) is 0 Å². The second-order valence-corrected chi connectivity index (χ2v) is 11.7. The van der Waals surface area contributed by atoms with Crippen molar-refractivity contribution >= 4 is 75.8 Å². The van der Waals surface area contributed by atoms with Gasteiger partial charge in [-0.2, -0.15) is 0 Å². The van der Waals surface area contributed by atoms with E-state index in [1.807, 2.05) is 0 Å². The standard InChI is InChI=1S/C42H24O/c1-2-8-30-22-31(15-12-25(30)6-1)32-23-37(41-36-21-16-26-7-3-4-11-33(26)42(36)43-38(41)24-32)34-19-17-29-14-13-27-9-5-10-28-18-20-35(34)40(29)39(27)28/h1-24H. The molecule has 0 amide bonds. The zero-order chi connectivity index (χ0) is 28.1. The molecule has 1 nitrogen and oxygen atoms in total. The quantitative estimate of drug-likeness (QED) is 0.197. The van der Waals surface area contributed by atoms with Crippen LogP contribution in [0.1, 0.15) is 0 Å². The summed E-state index contributed by atoms with van der Waals surface area (Å²) in [7, 11) is 0. The summed E-state index contributed by atoms with van der Waals surface area (Å²) >= 11 is 0. The highest BCUT2D eigenvalue weighted by Gasteiger charge is 2.20. The van der Waals surface area contributed by atoms with Crippen molar-refractivity contribution in [2.45, 2.75) is 0 Å². The van der Waals surface area contributed by atoms with Gasteiger partial charge < -0.3 is 4.42 Å². The highest BCUT2D eigenvalue weighted by molar-refractivity contribution is 6.28. The Bertz CT molecular complexity index is 2710. The Morgan fingerprint density at radius 1 is 0.326 bits per heavy atom. The molecule has 0 N–H and O–H groups in total. The molecule has 0 aliphatic heterocycles. The van der Waals surface area contributed by atoms with E-state index < -0.39 is 0 Å². The van der Waals surface area contributed by atoms with Gasteiger partial charge in [0.15, 0.2) is 0 Å². The van der Waals surface area contributed by atoms with Crippen LogP contribution in [-0.4, -0.2) is 0 Å². The number of benzene rings is 9. The van der Waals surface area contributed by atoms with Crippen molar-refractivity contribution in [1.29, 1.82) is 0 Å². The van der Waals surface area contributed by atoms with Crippen LogP contribution in [-0.2, 0) is 0 Å². The number of hydrogen-bond acceptors (Lipinski definition) is 1. The highest BCUT2D eigenvalue weighted by atomic mass is 16.3. The van der Waals surface area contributed by atoms with Gasteiger partial charge in [0, 0.05) is 16.2 Å². The molecule has 0 radical (unpaired) electrons. The molecule has 0 bridgehead atoms. The van der Waals surface area contributed by atoms with Gasteiger partial charge in [0.1, 0.15) is 11.2 Å². The molecular formula is C42H24O. The van der Waals surface area contributed by atoms with Crippen LogP contribution in [0, 0.1) is 0 Å². The first kappa shape index (κ1) is 23.0. The third-order valence-corrected chi connectivity index (χ3v) is 9.36. The first-order chi connectivity index (χ1) is 21.3. The summed E-state index contributed by atoms with van der Waals surface area (Å²) < 4.78 is 6.80. The molecule has 0 fully saturated rings. The van der Waals surface area contributed by atoms with Crippen molar-refractivity contribution in [3.8, 4) is 22.3 Å². The second kappa shape index (κ2) is 8.44. The summed E-state index contributed by atoms with van der Waals surface area (Å²) in [6.07, 6.45) is 0. The Kier molecular flexibility index (Phi) is 4.51. The summed E-state index contributed by atoms with van der Waals surface area (Å²) in [5.74, 6) is 0. The summed E-state index contributed by atoms with van der Waals surface area (Å²) in [6, 6.07) is 53.2. The van der Waals surface area contributed by atoms with Crippen molar-refractivity contribution in [3.63, 3.8) is 0 Å². The van der Waals surface area contributed by atoms with Crippen LogP contribution in [0.15, 0.2) is 150 Å². The van der Waals surface area contributed by atoms with Gasteiger partial charge in [-0.25, -0.2) is 0 Å². The second-order valence-electron chi connectivity index (χ2n) is 11.7. The summed E-state index contributed by atoms with van der Waals surface area (Å²) in [5, 5.41) is 14.9. The lowest BCUT2D eigenvalue weighted by atomic mass is 9.87. The Labute approximate surface area is 247 Å². The van der Waals surface area contributed by atoms with E-state index in [1.54, 1.807) is 0 Å². The molecule has 43 heavy (non-hydrogen) atoms. The van der Waals surface area contributed by atoms with E-state index in [2.05, 4.69) is 146 Å². The number of fused-ring (bicyclic) bond motifs is 6. The van der Waals surface area contributed by atoms with Gasteiger partial charge in [0.25, 0.3) is 0 Å². The van der Waals surface area contributed by atoms with E-state index in [4.69, 9.17) is 4.42 Å². The van der Waals surface area contributed by atoms with Crippen LogP contribution in [0.25, 0.3) is 98.1 Å². The topological polar surface area (TPSA) is 13.1 Å². The number of hydrogen-bond donors (Lipinski definition) is 0. The van der Waals surface area contributed by atoms with Crippen LogP contribution in [0.5, 0.6) is 0 Å². The molecule has 0 atom stereocenters. The summed E-state index contributed by atoms with van der Waals surface area (Å²) in [6.45, 7) is 0. The first-order valence-corrected chi connectivity index (χ1v) is 14.8. The first-order valence-electron chi connectivity index (χ1n) is 14.8. The Morgan fingerprint density at radius 2 is 0.977 bits per heavy atom. The van der Waals surface area contributed by atoms with E-state index in [-0.39, 0.29) is 0 Å². The molecule has 0 saturated carbocycles. The minimum Gasteiger partial charge on any atom is -0.455 e. The van der Waals surface area contributed by atoms with E-state index in [0.717, 1.165) is 27.5 Å². The van der Waals surface area contributed by atoms with Gasteiger partial charge >= 0.3 is 0 Å². The van der Waals surface area contributed by atoms with Crippen molar-refractivity contribution in [2.24, 2.45) is 0 Å². The predicted octanol–water partition coefficient (Wildman–Crippen LogP) is 12.1. The van der Waals surface area contributed by atoms with Gasteiger partial charge in [-0.1, -0.05) is 121 Å². The van der Waals surface area contributed by atoms with E-state index in [9.17, 15) is 0 Å². The molecule has 0 saturated heterocycles. The molecule has 0 aliphatic rings. The molecule has 198 valence electrons. The van der Waals surface area contributed by atoms with Crippen LogP contribution in [0.3, 0.4) is 0 Å². The SMILES string of the molecule is c1ccc2cc(-c3cc(-c4ccc5ccc6cccc7ccc4c5c67)c4c(c3)oc3c5ccccc5ccc34)ccc2c1. The van der Waals surface area contributed by atoms with Gasteiger partial charge in [-0.05, 0) is 95.0 Å². The maximum atomic E-state index is 6.80. The maximum absolute atomic E-state index is 6.80. The van der Waals surface area contributed by atoms with Crippen LogP contribution < -0.4 is 0 Å². The largest absolute Gasteiger partial charge is 0.455 e. The lowest BCUT2D eigenvalue weighted by Crippen LogP contribution is -1.89. The molecule has 0 spiro atoms. The molecule has 9 aromatic carbocycles. The molecular weight excluding hydrogens is 520 g/mol. The lowest BCUT2D eigenvalue weighted by Gasteiger charge is -2.16.